The van der Waals surface area contributed by atoms with E-state index in [0.717, 1.165) is 48.2 Å². The van der Waals surface area contributed by atoms with E-state index < -0.39 is 30.7 Å². The fourth-order valence-corrected chi connectivity index (χ4v) is 6.55. The smallest absolute Gasteiger partial charge is 0.454 e. The maximum absolute atomic E-state index is 14.0. The molecule has 236 valence electrons. The van der Waals surface area contributed by atoms with E-state index in [4.69, 9.17) is 9.47 Å². The number of alkyl halides is 5. The van der Waals surface area contributed by atoms with Crippen molar-refractivity contribution in [3.8, 4) is 11.5 Å². The third-order valence-corrected chi connectivity index (χ3v) is 9.09. The lowest BCUT2D eigenvalue weighted by Crippen LogP contribution is -2.47. The summed E-state index contributed by atoms with van der Waals surface area (Å²) in [5.41, 5.74) is 2.55. The Hall–Kier alpha value is -3.08. The van der Waals surface area contributed by atoms with Gasteiger partial charge in [0.1, 0.15) is 11.5 Å². The number of hydrogen-bond acceptors (Lipinski definition) is 5. The van der Waals surface area contributed by atoms with Gasteiger partial charge < -0.3 is 19.5 Å². The van der Waals surface area contributed by atoms with Crippen molar-refractivity contribution in [2.45, 2.75) is 69.0 Å². The van der Waals surface area contributed by atoms with E-state index in [1.807, 2.05) is 30.3 Å². The summed E-state index contributed by atoms with van der Waals surface area (Å²) in [6.07, 6.45) is -0.688. The van der Waals surface area contributed by atoms with Crippen LogP contribution in [0.1, 0.15) is 68.0 Å². The van der Waals surface area contributed by atoms with Gasteiger partial charge in [0.25, 0.3) is 0 Å². The lowest BCUT2D eigenvalue weighted by atomic mass is 9.91. The number of ether oxygens (including phenoxy) is 2. The minimum atomic E-state index is -5.59. The highest BCUT2D eigenvalue weighted by Gasteiger charge is 2.58. The number of hydrogen-bond donors (Lipinski definition) is 1. The number of methoxy groups -OCH3 is 1. The van der Waals surface area contributed by atoms with Gasteiger partial charge in [0, 0.05) is 30.9 Å². The first-order chi connectivity index (χ1) is 20.4. The third kappa shape index (κ3) is 7.53. The first kappa shape index (κ1) is 31.3. The highest BCUT2D eigenvalue weighted by Crippen LogP contribution is 2.46. The van der Waals surface area contributed by atoms with Gasteiger partial charge in [0.2, 0.25) is 0 Å². The highest BCUT2D eigenvalue weighted by molar-refractivity contribution is 5.68. The molecular formula is C32H39F5N2O4. The average Bonchev–Trinajstić information content (AvgIpc) is 3.72. The van der Waals surface area contributed by atoms with Crippen LogP contribution in [0.2, 0.25) is 0 Å². The maximum Gasteiger partial charge on any atom is 0.454 e. The molecule has 3 fully saturated rings. The molecule has 6 nitrogen and oxygen atoms in total. The summed E-state index contributed by atoms with van der Waals surface area (Å²) in [5, 5.41) is 9.35. The molecule has 1 saturated carbocycles. The van der Waals surface area contributed by atoms with Crippen molar-refractivity contribution in [3.63, 3.8) is 0 Å². The lowest BCUT2D eigenvalue weighted by molar-refractivity contribution is -0.287. The summed E-state index contributed by atoms with van der Waals surface area (Å²) in [5.74, 6) is -3.57. The molecule has 1 N–H and O–H groups in total. The first-order valence-electron chi connectivity index (χ1n) is 15.0. The Morgan fingerprint density at radius 2 is 1.72 bits per heavy atom. The highest BCUT2D eigenvalue weighted by atomic mass is 19.4. The Morgan fingerprint density at radius 1 is 0.977 bits per heavy atom. The fraction of sp³-hybridized carbons (Fsp3) is 0.594. The number of carboxylic acids is 1. The van der Waals surface area contributed by atoms with Crippen LogP contribution in [0.5, 0.6) is 11.5 Å². The van der Waals surface area contributed by atoms with Crippen LogP contribution in [0.4, 0.5) is 27.6 Å². The number of nitrogens with zero attached hydrogens (tertiary/aromatic N) is 2. The predicted molar refractivity (Wildman–Crippen MR) is 152 cm³/mol. The van der Waals surface area contributed by atoms with Gasteiger partial charge in [0.15, 0.2) is 0 Å². The second-order valence-electron chi connectivity index (χ2n) is 12.1. The van der Waals surface area contributed by atoms with E-state index in [-0.39, 0.29) is 24.8 Å². The molecule has 2 aromatic rings. The minimum absolute atomic E-state index is 0.00294. The van der Waals surface area contributed by atoms with E-state index in [1.54, 1.807) is 12.1 Å². The summed E-state index contributed by atoms with van der Waals surface area (Å²) in [4.78, 5) is 14.8. The van der Waals surface area contributed by atoms with Crippen molar-refractivity contribution >= 4 is 11.7 Å². The largest absolute Gasteiger partial charge is 0.497 e. The standard InChI is InChI=1S/C32H39F5N2O4/c1-42-24-9-10-26(28-6-3-13-39(28)20-31(33,34)32(35,36)37)29(17-24)38-14-11-21(12-15-38)19-43-25-5-2-4-23(16-25)27(18-30(40)41)22-7-8-22/h2,4-5,9-10,16-17,21-22,27-28H,3,6-8,11-15,18-20H2,1H3,(H,40,41). The summed E-state index contributed by atoms with van der Waals surface area (Å²) in [7, 11) is 1.54. The summed E-state index contributed by atoms with van der Waals surface area (Å²) >= 11 is 0. The van der Waals surface area contributed by atoms with Crippen molar-refractivity contribution in [1.82, 2.24) is 4.90 Å². The van der Waals surface area contributed by atoms with Crippen molar-refractivity contribution in [2.24, 2.45) is 11.8 Å². The van der Waals surface area contributed by atoms with Crippen LogP contribution >= 0.6 is 0 Å². The third-order valence-electron chi connectivity index (χ3n) is 9.09. The molecule has 2 heterocycles. The normalized spacial score (nSPS) is 21.2. The minimum Gasteiger partial charge on any atom is -0.497 e. The number of carboxylic acid groups (broad SMARTS) is 1. The number of halogens is 5. The van der Waals surface area contributed by atoms with E-state index >= 15 is 0 Å². The number of aliphatic carboxylic acids is 1. The molecule has 2 unspecified atom stereocenters. The quantitative estimate of drug-likeness (QED) is 0.255. The second kappa shape index (κ2) is 12.9. The molecule has 43 heavy (non-hydrogen) atoms. The van der Waals surface area contributed by atoms with E-state index in [1.165, 1.54) is 12.0 Å². The Balaban J connectivity index is 1.22. The van der Waals surface area contributed by atoms with E-state index in [9.17, 15) is 31.9 Å². The van der Waals surface area contributed by atoms with Gasteiger partial charge in [-0.3, -0.25) is 9.69 Å². The molecule has 0 bridgehead atoms. The summed E-state index contributed by atoms with van der Waals surface area (Å²) in [6.45, 7) is 0.702. The van der Waals surface area contributed by atoms with Crippen LogP contribution in [-0.4, -0.2) is 68.0 Å². The Morgan fingerprint density at radius 3 is 2.37 bits per heavy atom. The van der Waals surface area contributed by atoms with Crippen molar-refractivity contribution < 1.29 is 41.3 Å². The van der Waals surface area contributed by atoms with Crippen LogP contribution < -0.4 is 14.4 Å². The molecule has 0 amide bonds. The van der Waals surface area contributed by atoms with Gasteiger partial charge in [0.05, 0.1) is 26.7 Å². The molecule has 2 saturated heterocycles. The Kier molecular flexibility index (Phi) is 9.39. The number of piperidine rings is 1. The van der Waals surface area contributed by atoms with Crippen LogP contribution in [0.3, 0.4) is 0 Å². The van der Waals surface area contributed by atoms with Crippen LogP contribution in [0.15, 0.2) is 42.5 Å². The van der Waals surface area contributed by atoms with Crippen LogP contribution in [0, 0.1) is 11.8 Å². The number of benzene rings is 2. The summed E-state index contributed by atoms with van der Waals surface area (Å²) < 4.78 is 78.6. The van der Waals surface area contributed by atoms with Crippen molar-refractivity contribution in [3.05, 3.63) is 53.6 Å². The first-order valence-corrected chi connectivity index (χ1v) is 15.0. The predicted octanol–water partition coefficient (Wildman–Crippen LogP) is 7.29. The Labute approximate surface area is 248 Å². The van der Waals surface area contributed by atoms with Gasteiger partial charge in [-0.2, -0.15) is 22.0 Å². The molecule has 0 spiro atoms. The van der Waals surface area contributed by atoms with E-state index in [2.05, 4.69) is 4.90 Å². The molecule has 5 rings (SSSR count). The molecular weight excluding hydrogens is 571 g/mol. The van der Waals surface area contributed by atoms with Crippen LogP contribution in [-0.2, 0) is 4.79 Å². The SMILES string of the molecule is COc1ccc(C2CCCN2CC(F)(F)C(F)(F)F)c(N2CCC(COc3cccc(C(CC(=O)O)C4CC4)c3)CC2)c1. The molecule has 2 aliphatic heterocycles. The topological polar surface area (TPSA) is 62.2 Å². The van der Waals surface area contributed by atoms with Gasteiger partial charge in [-0.05, 0) is 92.1 Å². The maximum atomic E-state index is 14.0. The Bertz CT molecular complexity index is 1260. The van der Waals surface area contributed by atoms with E-state index in [0.29, 0.717) is 44.2 Å². The molecule has 11 heteroatoms. The zero-order valence-electron chi connectivity index (χ0n) is 24.3. The zero-order chi connectivity index (χ0) is 30.8. The van der Waals surface area contributed by atoms with Crippen molar-refractivity contribution in [2.75, 3.05) is 44.8 Å². The van der Waals surface area contributed by atoms with Crippen molar-refractivity contribution in [1.29, 1.82) is 0 Å². The van der Waals surface area contributed by atoms with Crippen LogP contribution in [0.25, 0.3) is 0 Å². The summed E-state index contributed by atoms with van der Waals surface area (Å²) in [6, 6.07) is 12.6. The average molecular weight is 611 g/mol. The molecule has 2 atom stereocenters. The molecule has 3 aliphatic rings. The number of anilines is 1. The van der Waals surface area contributed by atoms with Gasteiger partial charge in [-0.25, -0.2) is 0 Å². The molecule has 2 aromatic carbocycles. The lowest BCUT2D eigenvalue weighted by Gasteiger charge is -2.37. The van der Waals surface area contributed by atoms with Gasteiger partial charge >= 0.3 is 18.1 Å². The fourth-order valence-electron chi connectivity index (χ4n) is 6.55. The second-order valence-corrected chi connectivity index (χ2v) is 12.1. The molecule has 0 radical (unpaired) electrons. The van der Waals surface area contributed by atoms with Gasteiger partial charge in [-0.15, -0.1) is 0 Å². The zero-order valence-corrected chi connectivity index (χ0v) is 24.3. The number of likely N-dealkylation sites (tertiary alicyclic amines) is 1. The molecule has 1 aliphatic carbocycles. The molecule has 0 aromatic heterocycles. The number of rotatable bonds is 12. The number of carbonyl (C=O) groups is 1. The monoisotopic (exact) mass is 610 g/mol. The van der Waals surface area contributed by atoms with Gasteiger partial charge in [-0.1, -0.05) is 18.2 Å².